The fraction of sp³-hybridized carbons (Fsp3) is 0.385. The van der Waals surface area contributed by atoms with E-state index in [4.69, 9.17) is 46.3 Å². The molecule has 0 aliphatic rings. The SMILES string of the molecule is CCCN[C@@H](c1ccc(/C=N/N=C(N)N)cc1)C(Cl)(Cl)Cl. The van der Waals surface area contributed by atoms with Gasteiger partial charge in [0, 0.05) is 0 Å². The molecule has 0 amide bonds. The van der Waals surface area contributed by atoms with Crippen LogP contribution in [0.15, 0.2) is 34.5 Å². The summed E-state index contributed by atoms with van der Waals surface area (Å²) in [7, 11) is 0. The molecule has 0 unspecified atom stereocenters. The molecule has 0 saturated heterocycles. The van der Waals surface area contributed by atoms with Crippen LogP contribution in [0, 0.1) is 0 Å². The van der Waals surface area contributed by atoms with Gasteiger partial charge in [-0.25, -0.2) is 0 Å². The number of hydrogen-bond donors (Lipinski definition) is 3. The van der Waals surface area contributed by atoms with Crippen molar-refractivity contribution in [3.8, 4) is 0 Å². The summed E-state index contributed by atoms with van der Waals surface area (Å²) in [5.74, 6) is -0.0945. The van der Waals surface area contributed by atoms with Gasteiger partial charge in [0.2, 0.25) is 9.75 Å². The van der Waals surface area contributed by atoms with Crippen LogP contribution in [-0.4, -0.2) is 22.5 Å². The molecule has 0 aromatic heterocycles. The summed E-state index contributed by atoms with van der Waals surface area (Å²) in [5, 5.41) is 10.5. The van der Waals surface area contributed by atoms with E-state index < -0.39 is 3.79 Å². The number of alkyl halides is 3. The Balaban J connectivity index is 2.87. The molecule has 0 aliphatic carbocycles. The maximum absolute atomic E-state index is 6.02. The second kappa shape index (κ2) is 8.44. The average molecular weight is 351 g/mol. The topological polar surface area (TPSA) is 88.8 Å². The number of halogens is 3. The Hall–Kier alpha value is -1.01. The Labute approximate surface area is 139 Å². The van der Waals surface area contributed by atoms with Gasteiger partial charge in [0.15, 0.2) is 0 Å². The summed E-state index contributed by atoms with van der Waals surface area (Å²) in [6.45, 7) is 2.80. The Bertz CT molecular complexity index is 490. The van der Waals surface area contributed by atoms with Crippen LogP contribution >= 0.6 is 34.8 Å². The quantitative estimate of drug-likeness (QED) is 0.319. The Morgan fingerprint density at radius 1 is 1.29 bits per heavy atom. The number of hydrogen-bond acceptors (Lipinski definition) is 3. The molecule has 8 heteroatoms. The fourth-order valence-corrected chi connectivity index (χ4v) is 2.26. The van der Waals surface area contributed by atoms with E-state index in [9.17, 15) is 0 Å². The molecule has 1 aromatic carbocycles. The molecule has 1 aromatic rings. The molecular formula is C13H18Cl3N5. The number of benzene rings is 1. The minimum absolute atomic E-state index is 0.0945. The lowest BCUT2D eigenvalue weighted by atomic mass is 10.1. The van der Waals surface area contributed by atoms with Crippen molar-refractivity contribution in [2.45, 2.75) is 23.2 Å². The first-order chi connectivity index (χ1) is 9.84. The smallest absolute Gasteiger partial charge is 0.211 e. The van der Waals surface area contributed by atoms with Gasteiger partial charge in [-0.05, 0) is 24.1 Å². The van der Waals surface area contributed by atoms with Crippen LogP contribution in [0.3, 0.4) is 0 Å². The Morgan fingerprint density at radius 2 is 1.90 bits per heavy atom. The minimum Gasteiger partial charge on any atom is -0.369 e. The largest absolute Gasteiger partial charge is 0.369 e. The number of nitrogens with two attached hydrogens (primary N) is 2. The second-order valence-electron chi connectivity index (χ2n) is 4.36. The maximum Gasteiger partial charge on any atom is 0.211 e. The zero-order valence-electron chi connectivity index (χ0n) is 11.6. The van der Waals surface area contributed by atoms with Gasteiger partial charge in [-0.3, -0.25) is 0 Å². The molecule has 21 heavy (non-hydrogen) atoms. The molecule has 0 spiro atoms. The predicted octanol–water partition coefficient (Wildman–Crippen LogP) is 2.70. The summed E-state index contributed by atoms with van der Waals surface area (Å²) < 4.78 is -1.43. The van der Waals surface area contributed by atoms with Crippen molar-refractivity contribution in [1.82, 2.24) is 5.32 Å². The zero-order valence-corrected chi connectivity index (χ0v) is 13.8. The fourth-order valence-electron chi connectivity index (χ4n) is 1.65. The monoisotopic (exact) mass is 349 g/mol. The van der Waals surface area contributed by atoms with Crippen LogP contribution in [0.5, 0.6) is 0 Å². The van der Waals surface area contributed by atoms with E-state index in [2.05, 4.69) is 15.5 Å². The van der Waals surface area contributed by atoms with Gasteiger partial charge in [0.25, 0.3) is 0 Å². The van der Waals surface area contributed by atoms with Crippen LogP contribution < -0.4 is 16.8 Å². The van der Waals surface area contributed by atoms with E-state index in [-0.39, 0.29) is 12.0 Å². The lowest BCUT2D eigenvalue weighted by Crippen LogP contribution is -2.32. The highest BCUT2D eigenvalue weighted by molar-refractivity contribution is 6.68. The molecule has 1 atom stereocenters. The average Bonchev–Trinajstić information content (AvgIpc) is 2.39. The summed E-state index contributed by atoms with van der Waals surface area (Å²) in [5.41, 5.74) is 12.1. The van der Waals surface area contributed by atoms with Crippen molar-refractivity contribution in [3.05, 3.63) is 35.4 Å². The summed E-state index contributed by atoms with van der Waals surface area (Å²) in [4.78, 5) is 0. The van der Waals surface area contributed by atoms with Crippen LogP contribution in [0.2, 0.25) is 0 Å². The lowest BCUT2D eigenvalue weighted by molar-refractivity contribution is 0.539. The van der Waals surface area contributed by atoms with E-state index in [1.165, 1.54) is 6.21 Å². The molecule has 5 N–H and O–H groups in total. The molecule has 0 heterocycles. The van der Waals surface area contributed by atoms with E-state index >= 15 is 0 Å². The van der Waals surface area contributed by atoms with Crippen molar-refractivity contribution in [3.63, 3.8) is 0 Å². The Kier molecular flexibility index (Phi) is 7.25. The third-order valence-electron chi connectivity index (χ3n) is 2.58. The number of rotatable bonds is 6. The third-order valence-corrected chi connectivity index (χ3v) is 3.23. The molecule has 5 nitrogen and oxygen atoms in total. The van der Waals surface area contributed by atoms with Crippen LogP contribution in [0.25, 0.3) is 0 Å². The third kappa shape index (κ3) is 6.52. The number of guanidine groups is 1. The van der Waals surface area contributed by atoms with Crippen molar-refractivity contribution in [1.29, 1.82) is 0 Å². The van der Waals surface area contributed by atoms with Gasteiger partial charge < -0.3 is 16.8 Å². The molecule has 0 fully saturated rings. The zero-order chi connectivity index (χ0) is 15.9. The molecule has 116 valence electrons. The minimum atomic E-state index is -1.43. The van der Waals surface area contributed by atoms with E-state index in [0.717, 1.165) is 24.1 Å². The molecule has 0 radical (unpaired) electrons. The van der Waals surface area contributed by atoms with Crippen LogP contribution in [-0.2, 0) is 0 Å². The molecule has 0 bridgehead atoms. The highest BCUT2D eigenvalue weighted by atomic mass is 35.6. The number of nitrogens with zero attached hydrogens (tertiary/aromatic N) is 2. The summed E-state index contributed by atoms with van der Waals surface area (Å²) >= 11 is 18.1. The second-order valence-corrected chi connectivity index (χ2v) is 6.73. The first kappa shape index (κ1) is 18.0. The number of nitrogens with one attached hydrogen (secondary N) is 1. The first-order valence-electron chi connectivity index (χ1n) is 6.36. The summed E-state index contributed by atoms with van der Waals surface area (Å²) in [6, 6.07) is 7.04. The highest BCUT2D eigenvalue weighted by Gasteiger charge is 2.33. The molecule has 1 rings (SSSR count). The van der Waals surface area contributed by atoms with Gasteiger partial charge in [0.05, 0.1) is 12.3 Å². The Morgan fingerprint density at radius 3 is 2.38 bits per heavy atom. The van der Waals surface area contributed by atoms with Crippen molar-refractivity contribution in [2.75, 3.05) is 6.54 Å². The first-order valence-corrected chi connectivity index (χ1v) is 7.50. The van der Waals surface area contributed by atoms with E-state index in [1.54, 1.807) is 0 Å². The van der Waals surface area contributed by atoms with Crippen molar-refractivity contribution < 1.29 is 0 Å². The summed E-state index contributed by atoms with van der Waals surface area (Å²) in [6.07, 6.45) is 2.48. The molecule has 0 aliphatic heterocycles. The lowest BCUT2D eigenvalue weighted by Gasteiger charge is -2.26. The van der Waals surface area contributed by atoms with Gasteiger partial charge in [-0.1, -0.05) is 66.0 Å². The van der Waals surface area contributed by atoms with Gasteiger partial charge in [-0.15, -0.1) is 5.10 Å². The molecular weight excluding hydrogens is 333 g/mol. The highest BCUT2D eigenvalue weighted by Crippen LogP contribution is 2.39. The van der Waals surface area contributed by atoms with E-state index in [0.29, 0.717) is 0 Å². The normalized spacial score (nSPS) is 13.3. The van der Waals surface area contributed by atoms with E-state index in [1.807, 2.05) is 31.2 Å². The van der Waals surface area contributed by atoms with Crippen LogP contribution in [0.4, 0.5) is 0 Å². The standard InChI is InChI=1S/C13H18Cl3N5/c1-2-7-19-11(13(14,15)16)10-5-3-9(4-6-10)8-20-21-12(17)18/h3-6,8,11,19H,2,7H2,1H3,(H4,17,18,21)/b20-8+/t11-/m0/s1. The maximum atomic E-state index is 6.02. The van der Waals surface area contributed by atoms with Gasteiger partial charge in [-0.2, -0.15) is 5.10 Å². The van der Waals surface area contributed by atoms with Crippen molar-refractivity contribution in [2.24, 2.45) is 21.7 Å². The predicted molar refractivity (Wildman–Crippen MR) is 91.2 cm³/mol. The van der Waals surface area contributed by atoms with Crippen molar-refractivity contribution >= 4 is 47.0 Å². The van der Waals surface area contributed by atoms with Crippen LogP contribution in [0.1, 0.15) is 30.5 Å². The van der Waals surface area contributed by atoms with Gasteiger partial charge >= 0.3 is 0 Å². The molecule has 0 saturated carbocycles. The van der Waals surface area contributed by atoms with Gasteiger partial charge in [0.1, 0.15) is 0 Å².